The summed E-state index contributed by atoms with van der Waals surface area (Å²) in [4.78, 5) is 10.7. The van der Waals surface area contributed by atoms with E-state index in [1.165, 1.54) is 22.5 Å². The highest BCUT2D eigenvalue weighted by Gasteiger charge is 2.42. The van der Waals surface area contributed by atoms with Gasteiger partial charge in [-0.15, -0.1) is 0 Å². The number of nitrogens with zero attached hydrogens (tertiary/aromatic N) is 2. The Morgan fingerprint density at radius 3 is 2.67 bits per heavy atom. The minimum Gasteiger partial charge on any atom is -0.481 e. The number of benzene rings is 1. The first-order valence-electron chi connectivity index (χ1n) is 6.20. The van der Waals surface area contributed by atoms with Gasteiger partial charge in [0.25, 0.3) is 0 Å². The molecule has 1 saturated heterocycles. The molecule has 0 amide bonds. The molecule has 0 radical (unpaired) electrons. The van der Waals surface area contributed by atoms with Gasteiger partial charge < -0.3 is 5.11 Å². The summed E-state index contributed by atoms with van der Waals surface area (Å²) in [6.07, 6.45) is 0. The molecule has 0 bridgehead atoms. The van der Waals surface area contributed by atoms with Crippen molar-refractivity contribution < 1.29 is 18.3 Å². The van der Waals surface area contributed by atoms with E-state index < -0.39 is 21.9 Å². The van der Waals surface area contributed by atoms with E-state index in [4.69, 9.17) is 22.0 Å². The number of hydrogen-bond donors (Lipinski definition) is 1. The minimum atomic E-state index is -3.83. The standard InChI is InChI=1S/C13H13ClN2O4S/c1-8(13(17)18)10-6-16(7-10)21(19,20)12-4-11(14)3-2-9(12)5-15/h2-4,8,10H,6-7H2,1H3,(H,17,18). The highest BCUT2D eigenvalue weighted by Crippen LogP contribution is 2.32. The van der Waals surface area contributed by atoms with Crippen molar-refractivity contribution >= 4 is 27.6 Å². The Labute approximate surface area is 127 Å². The van der Waals surface area contributed by atoms with Crippen LogP contribution < -0.4 is 0 Å². The molecule has 1 atom stereocenters. The van der Waals surface area contributed by atoms with Crippen LogP contribution in [0, 0.1) is 23.2 Å². The largest absolute Gasteiger partial charge is 0.481 e. The first-order valence-corrected chi connectivity index (χ1v) is 8.01. The molecule has 1 aliphatic rings. The lowest BCUT2D eigenvalue weighted by atomic mass is 9.89. The fourth-order valence-electron chi connectivity index (χ4n) is 2.12. The van der Waals surface area contributed by atoms with E-state index in [2.05, 4.69) is 0 Å². The summed E-state index contributed by atoms with van der Waals surface area (Å²) in [5, 5.41) is 18.1. The van der Waals surface area contributed by atoms with Crippen molar-refractivity contribution in [3.8, 4) is 6.07 Å². The van der Waals surface area contributed by atoms with Crippen molar-refractivity contribution in [2.45, 2.75) is 11.8 Å². The Morgan fingerprint density at radius 1 is 1.52 bits per heavy atom. The zero-order chi connectivity index (χ0) is 15.8. The average Bonchev–Trinajstić information content (AvgIpc) is 2.36. The van der Waals surface area contributed by atoms with Crippen LogP contribution in [0.2, 0.25) is 5.02 Å². The van der Waals surface area contributed by atoms with E-state index in [1.807, 2.05) is 6.07 Å². The van der Waals surface area contributed by atoms with E-state index >= 15 is 0 Å². The summed E-state index contributed by atoms with van der Waals surface area (Å²) in [7, 11) is -3.83. The maximum atomic E-state index is 12.5. The number of carboxylic acids is 1. The van der Waals surface area contributed by atoms with E-state index in [-0.39, 0.29) is 34.5 Å². The molecule has 1 N–H and O–H groups in total. The van der Waals surface area contributed by atoms with Crippen LogP contribution in [0.25, 0.3) is 0 Å². The molecular formula is C13H13ClN2O4S. The number of halogens is 1. The normalized spacial score (nSPS) is 17.8. The second-order valence-electron chi connectivity index (χ2n) is 4.96. The van der Waals surface area contributed by atoms with Crippen LogP contribution >= 0.6 is 11.6 Å². The number of aliphatic carboxylic acids is 1. The SMILES string of the molecule is CC(C(=O)O)C1CN(S(=O)(=O)c2cc(Cl)ccc2C#N)C1. The third-order valence-electron chi connectivity index (χ3n) is 3.65. The van der Waals surface area contributed by atoms with Crippen LogP contribution in [-0.2, 0) is 14.8 Å². The Bertz CT molecular complexity index is 720. The van der Waals surface area contributed by atoms with E-state index in [1.54, 1.807) is 6.92 Å². The average molecular weight is 329 g/mol. The lowest BCUT2D eigenvalue weighted by molar-refractivity contribution is -0.144. The van der Waals surface area contributed by atoms with Crippen LogP contribution in [-0.4, -0.2) is 36.9 Å². The molecule has 1 aliphatic heterocycles. The van der Waals surface area contributed by atoms with Gasteiger partial charge in [-0.2, -0.15) is 9.57 Å². The zero-order valence-electron chi connectivity index (χ0n) is 11.2. The van der Waals surface area contributed by atoms with Gasteiger partial charge in [-0.05, 0) is 24.1 Å². The number of hydrogen-bond acceptors (Lipinski definition) is 4. The van der Waals surface area contributed by atoms with Gasteiger partial charge in [0.1, 0.15) is 11.0 Å². The maximum absolute atomic E-state index is 12.5. The molecule has 1 heterocycles. The van der Waals surface area contributed by atoms with Crippen molar-refractivity contribution in [2.75, 3.05) is 13.1 Å². The predicted molar refractivity (Wildman–Crippen MR) is 75.2 cm³/mol. The summed E-state index contributed by atoms with van der Waals surface area (Å²) in [6, 6.07) is 5.87. The molecular weight excluding hydrogens is 316 g/mol. The molecule has 1 aromatic rings. The Balaban J connectivity index is 2.24. The molecule has 8 heteroatoms. The molecule has 112 valence electrons. The third-order valence-corrected chi connectivity index (χ3v) is 5.76. The van der Waals surface area contributed by atoms with Gasteiger partial charge in [-0.3, -0.25) is 4.79 Å². The van der Waals surface area contributed by atoms with Gasteiger partial charge in [-0.25, -0.2) is 8.42 Å². The van der Waals surface area contributed by atoms with Crippen molar-refractivity contribution in [2.24, 2.45) is 11.8 Å². The van der Waals surface area contributed by atoms with Crippen molar-refractivity contribution in [3.63, 3.8) is 0 Å². The molecule has 0 saturated carbocycles. The van der Waals surface area contributed by atoms with Crippen LogP contribution in [0.5, 0.6) is 0 Å². The van der Waals surface area contributed by atoms with Crippen molar-refractivity contribution in [1.82, 2.24) is 4.31 Å². The van der Waals surface area contributed by atoms with Gasteiger partial charge in [0.15, 0.2) is 0 Å². The minimum absolute atomic E-state index is 0.0223. The topological polar surface area (TPSA) is 98.5 Å². The highest BCUT2D eigenvalue weighted by molar-refractivity contribution is 7.89. The van der Waals surface area contributed by atoms with Crippen LogP contribution in [0.1, 0.15) is 12.5 Å². The second-order valence-corrected chi connectivity index (χ2v) is 7.30. The van der Waals surface area contributed by atoms with Gasteiger partial charge >= 0.3 is 5.97 Å². The van der Waals surface area contributed by atoms with Crippen molar-refractivity contribution in [3.05, 3.63) is 28.8 Å². The van der Waals surface area contributed by atoms with Crippen molar-refractivity contribution in [1.29, 1.82) is 5.26 Å². The number of rotatable bonds is 4. The molecule has 2 rings (SSSR count). The molecule has 21 heavy (non-hydrogen) atoms. The lowest BCUT2D eigenvalue weighted by Gasteiger charge is -2.40. The van der Waals surface area contributed by atoms with Gasteiger partial charge in [0, 0.05) is 18.1 Å². The van der Waals surface area contributed by atoms with Gasteiger partial charge in [0.2, 0.25) is 10.0 Å². The van der Waals surface area contributed by atoms with E-state index in [0.29, 0.717) is 0 Å². The lowest BCUT2D eigenvalue weighted by Crippen LogP contribution is -2.53. The summed E-state index contributed by atoms with van der Waals surface area (Å²) < 4.78 is 26.1. The molecule has 1 unspecified atom stereocenters. The number of sulfonamides is 1. The van der Waals surface area contributed by atoms with Crippen LogP contribution in [0.4, 0.5) is 0 Å². The molecule has 0 aromatic heterocycles. The Morgan fingerprint density at radius 2 is 2.14 bits per heavy atom. The monoisotopic (exact) mass is 328 g/mol. The number of carbonyl (C=O) groups is 1. The Kier molecular flexibility index (Phi) is 4.23. The fraction of sp³-hybridized carbons (Fsp3) is 0.385. The maximum Gasteiger partial charge on any atom is 0.306 e. The van der Waals surface area contributed by atoms with Gasteiger partial charge in [-0.1, -0.05) is 18.5 Å². The first kappa shape index (κ1) is 15.8. The molecule has 0 spiro atoms. The fourth-order valence-corrected chi connectivity index (χ4v) is 4.08. The molecule has 6 nitrogen and oxygen atoms in total. The highest BCUT2D eigenvalue weighted by atomic mass is 35.5. The van der Waals surface area contributed by atoms with Gasteiger partial charge in [0.05, 0.1) is 11.5 Å². The molecule has 1 aromatic carbocycles. The van der Waals surface area contributed by atoms with E-state index in [0.717, 1.165) is 0 Å². The Hall–Kier alpha value is -1.62. The zero-order valence-corrected chi connectivity index (χ0v) is 12.7. The summed E-state index contributed by atoms with van der Waals surface area (Å²) >= 11 is 5.80. The van der Waals surface area contributed by atoms with Crippen LogP contribution in [0.15, 0.2) is 23.1 Å². The summed E-state index contributed by atoms with van der Waals surface area (Å²) in [6.45, 7) is 1.82. The van der Waals surface area contributed by atoms with E-state index in [9.17, 15) is 13.2 Å². The van der Waals surface area contributed by atoms with Crippen LogP contribution in [0.3, 0.4) is 0 Å². The number of nitriles is 1. The summed E-state index contributed by atoms with van der Waals surface area (Å²) in [5.41, 5.74) is 0.0223. The smallest absolute Gasteiger partial charge is 0.306 e. The quantitative estimate of drug-likeness (QED) is 0.904. The first-order chi connectivity index (χ1) is 9.77. The number of carboxylic acid groups (broad SMARTS) is 1. The molecule has 0 aliphatic carbocycles. The third kappa shape index (κ3) is 2.88. The molecule has 1 fully saturated rings. The second kappa shape index (κ2) is 5.64. The predicted octanol–water partition coefficient (Wildman–Crippen LogP) is 1.55. The summed E-state index contributed by atoms with van der Waals surface area (Å²) in [5.74, 6) is -1.77.